The molecular weight excluding hydrogens is 206 g/mol. The fourth-order valence-electron chi connectivity index (χ4n) is 1.15. The fraction of sp³-hybridized carbons (Fsp3) is 0.300. The second kappa shape index (κ2) is 4.72. The van der Waals surface area contributed by atoms with E-state index in [1.54, 1.807) is 0 Å². The number of hydrogen-bond donors (Lipinski definition) is 0. The Balaban J connectivity index is 3.12. The molecule has 0 bridgehead atoms. The molecule has 0 spiro atoms. The molecule has 82 valence electrons. The molecule has 0 fully saturated rings. The molecule has 0 aromatic heterocycles. The molecule has 3 nitrogen and oxygen atoms in total. The van der Waals surface area contributed by atoms with E-state index in [1.165, 1.54) is 20.3 Å². The standard InChI is InChI=1S/C10H10F2O3/c1-14-8-4-3-7(11)10(12)6(8)5-9(13)15-2/h3-4H,5H2,1-2H3. The van der Waals surface area contributed by atoms with Crippen molar-refractivity contribution in [2.45, 2.75) is 6.42 Å². The lowest BCUT2D eigenvalue weighted by Crippen LogP contribution is -2.08. The van der Waals surface area contributed by atoms with E-state index in [0.29, 0.717) is 0 Å². The number of rotatable bonds is 3. The number of hydrogen-bond acceptors (Lipinski definition) is 3. The molecule has 0 atom stereocenters. The lowest BCUT2D eigenvalue weighted by atomic mass is 10.1. The van der Waals surface area contributed by atoms with Crippen molar-refractivity contribution in [2.24, 2.45) is 0 Å². The molecule has 0 saturated heterocycles. The van der Waals surface area contributed by atoms with Crippen LogP contribution in [0, 0.1) is 11.6 Å². The Bertz CT molecular complexity index is 377. The van der Waals surface area contributed by atoms with Crippen molar-refractivity contribution in [1.29, 1.82) is 0 Å². The van der Waals surface area contributed by atoms with Crippen LogP contribution in [0.3, 0.4) is 0 Å². The summed E-state index contributed by atoms with van der Waals surface area (Å²) in [7, 11) is 2.49. The van der Waals surface area contributed by atoms with E-state index in [4.69, 9.17) is 4.74 Å². The molecule has 0 aliphatic carbocycles. The van der Waals surface area contributed by atoms with Crippen molar-refractivity contribution in [3.05, 3.63) is 29.3 Å². The van der Waals surface area contributed by atoms with Crippen LogP contribution in [-0.4, -0.2) is 20.2 Å². The predicted octanol–water partition coefficient (Wildman–Crippen LogP) is 1.69. The van der Waals surface area contributed by atoms with Crippen LogP contribution >= 0.6 is 0 Å². The van der Waals surface area contributed by atoms with Gasteiger partial charge in [-0.25, -0.2) is 8.78 Å². The maximum Gasteiger partial charge on any atom is 0.310 e. The van der Waals surface area contributed by atoms with Crippen LogP contribution in [0.15, 0.2) is 12.1 Å². The van der Waals surface area contributed by atoms with Gasteiger partial charge in [-0.05, 0) is 12.1 Å². The average Bonchev–Trinajstić information content (AvgIpc) is 2.25. The second-order valence-electron chi connectivity index (χ2n) is 2.80. The molecule has 0 saturated carbocycles. The molecule has 0 radical (unpaired) electrons. The lowest BCUT2D eigenvalue weighted by molar-refractivity contribution is -0.139. The zero-order valence-electron chi connectivity index (χ0n) is 8.34. The molecule has 0 amide bonds. The summed E-state index contributed by atoms with van der Waals surface area (Å²) in [6.45, 7) is 0. The van der Waals surface area contributed by atoms with Gasteiger partial charge in [0.1, 0.15) is 5.75 Å². The maximum absolute atomic E-state index is 13.3. The first-order valence-electron chi connectivity index (χ1n) is 4.17. The number of esters is 1. The van der Waals surface area contributed by atoms with Crippen molar-refractivity contribution >= 4 is 5.97 Å². The molecular formula is C10H10F2O3. The first-order valence-corrected chi connectivity index (χ1v) is 4.17. The zero-order chi connectivity index (χ0) is 11.4. The molecule has 15 heavy (non-hydrogen) atoms. The maximum atomic E-state index is 13.3. The smallest absolute Gasteiger partial charge is 0.310 e. The van der Waals surface area contributed by atoms with Crippen LogP contribution in [0.4, 0.5) is 8.78 Å². The third-order valence-electron chi connectivity index (χ3n) is 1.92. The van der Waals surface area contributed by atoms with Gasteiger partial charge in [-0.3, -0.25) is 4.79 Å². The highest BCUT2D eigenvalue weighted by molar-refractivity contribution is 5.73. The van der Waals surface area contributed by atoms with Gasteiger partial charge < -0.3 is 9.47 Å². The van der Waals surface area contributed by atoms with Crippen molar-refractivity contribution < 1.29 is 23.0 Å². The van der Waals surface area contributed by atoms with Crippen LogP contribution in [0.5, 0.6) is 5.75 Å². The van der Waals surface area contributed by atoms with Crippen LogP contribution in [-0.2, 0) is 16.0 Å². The van der Waals surface area contributed by atoms with Crippen molar-refractivity contribution in [1.82, 2.24) is 0 Å². The van der Waals surface area contributed by atoms with Gasteiger partial charge >= 0.3 is 5.97 Å². The van der Waals surface area contributed by atoms with Crippen LogP contribution in [0.25, 0.3) is 0 Å². The van der Waals surface area contributed by atoms with Gasteiger partial charge in [0.15, 0.2) is 11.6 Å². The Morgan fingerprint density at radius 1 is 1.33 bits per heavy atom. The zero-order valence-corrected chi connectivity index (χ0v) is 8.34. The minimum absolute atomic E-state index is 0.124. The summed E-state index contributed by atoms with van der Waals surface area (Å²) in [6.07, 6.45) is -0.358. The predicted molar refractivity (Wildman–Crippen MR) is 48.6 cm³/mol. The van der Waals surface area contributed by atoms with Gasteiger partial charge in [0.2, 0.25) is 0 Å². The van der Waals surface area contributed by atoms with Gasteiger partial charge in [-0.15, -0.1) is 0 Å². The number of methoxy groups -OCH3 is 2. The highest BCUT2D eigenvalue weighted by atomic mass is 19.2. The van der Waals surface area contributed by atoms with E-state index in [9.17, 15) is 13.6 Å². The van der Waals surface area contributed by atoms with Crippen LogP contribution in [0.1, 0.15) is 5.56 Å². The summed E-state index contributed by atoms with van der Waals surface area (Å²) in [6, 6.07) is 2.20. The Hall–Kier alpha value is -1.65. The molecule has 0 aliphatic heterocycles. The first kappa shape index (κ1) is 11.4. The highest BCUT2D eigenvalue weighted by Gasteiger charge is 2.17. The molecule has 1 rings (SSSR count). The van der Waals surface area contributed by atoms with Crippen molar-refractivity contribution in [2.75, 3.05) is 14.2 Å². The van der Waals surface area contributed by atoms with E-state index in [1.807, 2.05) is 0 Å². The minimum Gasteiger partial charge on any atom is -0.496 e. The summed E-state index contributed by atoms with van der Waals surface area (Å²) in [5, 5.41) is 0. The lowest BCUT2D eigenvalue weighted by Gasteiger charge is -2.08. The monoisotopic (exact) mass is 216 g/mol. The van der Waals surface area contributed by atoms with E-state index < -0.39 is 17.6 Å². The summed E-state index contributed by atoms with van der Waals surface area (Å²) >= 11 is 0. The molecule has 0 N–H and O–H groups in total. The Morgan fingerprint density at radius 3 is 2.53 bits per heavy atom. The van der Waals surface area contributed by atoms with Crippen LogP contribution < -0.4 is 4.74 Å². The molecule has 5 heteroatoms. The van der Waals surface area contributed by atoms with E-state index in [0.717, 1.165) is 6.07 Å². The number of ether oxygens (including phenoxy) is 2. The molecule has 1 aromatic carbocycles. The summed E-state index contributed by atoms with van der Waals surface area (Å²) < 4.78 is 35.3. The highest BCUT2D eigenvalue weighted by Crippen LogP contribution is 2.24. The van der Waals surface area contributed by atoms with Gasteiger partial charge in [-0.1, -0.05) is 0 Å². The summed E-state index contributed by atoms with van der Waals surface area (Å²) in [5.74, 6) is -2.63. The Labute approximate surface area is 85.6 Å². The molecule has 0 unspecified atom stereocenters. The molecule has 0 heterocycles. The van der Waals surface area contributed by atoms with Gasteiger partial charge in [-0.2, -0.15) is 0 Å². The second-order valence-corrected chi connectivity index (χ2v) is 2.80. The summed E-state index contributed by atoms with van der Waals surface area (Å²) in [5.41, 5.74) is -0.135. The van der Waals surface area contributed by atoms with E-state index >= 15 is 0 Å². The third kappa shape index (κ3) is 2.43. The number of halogens is 2. The normalized spacial score (nSPS) is 9.87. The van der Waals surface area contributed by atoms with Gasteiger partial charge in [0, 0.05) is 5.56 Å². The van der Waals surface area contributed by atoms with Gasteiger partial charge in [0.25, 0.3) is 0 Å². The first-order chi connectivity index (χ1) is 7.10. The van der Waals surface area contributed by atoms with Crippen molar-refractivity contribution in [3.63, 3.8) is 0 Å². The largest absolute Gasteiger partial charge is 0.496 e. The molecule has 0 aliphatic rings. The molecule has 1 aromatic rings. The Kier molecular flexibility index (Phi) is 3.60. The quantitative estimate of drug-likeness (QED) is 0.721. The SMILES string of the molecule is COC(=O)Cc1c(OC)ccc(F)c1F. The number of carbonyl (C=O) groups excluding carboxylic acids is 1. The number of benzene rings is 1. The van der Waals surface area contributed by atoms with Crippen molar-refractivity contribution in [3.8, 4) is 5.75 Å². The van der Waals surface area contributed by atoms with Gasteiger partial charge in [0.05, 0.1) is 20.6 Å². The van der Waals surface area contributed by atoms with E-state index in [-0.39, 0.29) is 17.7 Å². The van der Waals surface area contributed by atoms with E-state index in [2.05, 4.69) is 4.74 Å². The van der Waals surface area contributed by atoms with Crippen LogP contribution in [0.2, 0.25) is 0 Å². The summed E-state index contributed by atoms with van der Waals surface area (Å²) in [4.78, 5) is 10.9. The minimum atomic E-state index is -1.08. The average molecular weight is 216 g/mol. The number of carbonyl (C=O) groups is 1. The third-order valence-corrected chi connectivity index (χ3v) is 1.92. The fourth-order valence-corrected chi connectivity index (χ4v) is 1.15. The Morgan fingerprint density at radius 2 is 2.00 bits per heavy atom. The topological polar surface area (TPSA) is 35.5 Å².